The average Bonchev–Trinajstić information content (AvgIpc) is 3.34. The summed E-state index contributed by atoms with van der Waals surface area (Å²) in [6.45, 7) is 4.29. The summed E-state index contributed by atoms with van der Waals surface area (Å²) >= 11 is 0. The summed E-state index contributed by atoms with van der Waals surface area (Å²) in [7, 11) is 3.71. The molecule has 0 unspecified atom stereocenters. The number of halogens is 1. The zero-order valence-electron chi connectivity index (χ0n) is 23.9. The number of pyridine rings is 2. The number of nitrogens with zero attached hydrogens (tertiary/aromatic N) is 3. The number of cyclic esters (lactones) is 1. The Morgan fingerprint density at radius 2 is 2.05 bits per heavy atom. The highest BCUT2D eigenvalue weighted by Gasteiger charge is 2.46. The van der Waals surface area contributed by atoms with E-state index in [9.17, 15) is 19.5 Å². The van der Waals surface area contributed by atoms with Crippen molar-refractivity contribution >= 4 is 22.8 Å². The van der Waals surface area contributed by atoms with Gasteiger partial charge in [-0.1, -0.05) is 6.92 Å². The number of hydrogen-bond acceptors (Lipinski definition) is 7. The molecule has 9 nitrogen and oxygen atoms in total. The molecule has 3 aliphatic rings. The van der Waals surface area contributed by atoms with Crippen molar-refractivity contribution in [2.75, 3.05) is 20.6 Å². The van der Waals surface area contributed by atoms with Crippen molar-refractivity contribution in [1.29, 1.82) is 0 Å². The molecule has 0 radical (unpaired) electrons. The van der Waals surface area contributed by atoms with Crippen LogP contribution >= 0.6 is 0 Å². The minimum absolute atomic E-state index is 0.0407. The van der Waals surface area contributed by atoms with E-state index in [-0.39, 0.29) is 54.0 Å². The highest BCUT2D eigenvalue weighted by atomic mass is 19.1. The van der Waals surface area contributed by atoms with E-state index < -0.39 is 11.6 Å². The number of unbranched alkanes of at least 4 members (excludes halogenated alkanes) is 1. The molecular formula is C31H35FN4O5. The number of rotatable bonds is 7. The molecule has 0 saturated carbocycles. The topological polar surface area (TPSA) is 114 Å². The first kappa shape index (κ1) is 27.5. The first-order valence-corrected chi connectivity index (χ1v) is 14.3. The van der Waals surface area contributed by atoms with Crippen molar-refractivity contribution in [2.45, 2.75) is 77.2 Å². The number of hydrogen-bond donors (Lipinski definition) is 2. The fraction of sp³-hybridized carbons (Fsp3) is 0.484. The molecule has 216 valence electrons. The number of esters is 1. The lowest BCUT2D eigenvalue weighted by Crippen LogP contribution is -2.44. The molecule has 0 spiro atoms. The van der Waals surface area contributed by atoms with Crippen LogP contribution in [0.25, 0.3) is 22.3 Å². The molecule has 4 heterocycles. The van der Waals surface area contributed by atoms with Gasteiger partial charge in [-0.25, -0.2) is 14.2 Å². The smallest absolute Gasteiger partial charge is 0.343 e. The van der Waals surface area contributed by atoms with E-state index in [4.69, 9.17) is 9.72 Å². The van der Waals surface area contributed by atoms with E-state index in [2.05, 4.69) is 5.32 Å². The molecule has 0 bridgehead atoms. The minimum Gasteiger partial charge on any atom is -0.458 e. The minimum atomic E-state index is -1.94. The number of aliphatic hydroxyl groups is 1. The molecule has 10 heteroatoms. The van der Waals surface area contributed by atoms with Gasteiger partial charge >= 0.3 is 5.97 Å². The molecule has 1 aromatic carbocycles. The van der Waals surface area contributed by atoms with E-state index in [0.29, 0.717) is 41.7 Å². The fourth-order valence-electron chi connectivity index (χ4n) is 6.85. The Balaban J connectivity index is 1.55. The van der Waals surface area contributed by atoms with Crippen LogP contribution < -0.4 is 10.9 Å². The Hall–Kier alpha value is -3.63. The summed E-state index contributed by atoms with van der Waals surface area (Å²) in [5.74, 6) is -1.09. The van der Waals surface area contributed by atoms with Crippen LogP contribution in [0.4, 0.5) is 4.39 Å². The number of fused-ring (bicyclic) bond motifs is 5. The van der Waals surface area contributed by atoms with Crippen molar-refractivity contribution < 1.29 is 23.8 Å². The molecule has 0 fully saturated rings. The maximum Gasteiger partial charge on any atom is 0.343 e. The Bertz CT molecular complexity index is 1680. The van der Waals surface area contributed by atoms with E-state index >= 15 is 4.39 Å². The maximum atomic E-state index is 15.1. The van der Waals surface area contributed by atoms with Gasteiger partial charge in [-0.15, -0.1) is 0 Å². The standard InChI is InChI=1S/C31H35FN4O5/c1-5-31(40)20-12-24-28-18(14-36(24)29(38)19(20)15-41-30(31)39)27-23(35(4)25(37)8-6-7-11-33-3)10-9-17-16(2)21(32)13-22(34-28)26(17)27/h12-13,23,33,40H,5-11,14-15H2,1-4H3/t23-,31-/m0/s1. The second kappa shape index (κ2) is 10.0. The summed E-state index contributed by atoms with van der Waals surface area (Å²) in [4.78, 5) is 46.4. The highest BCUT2D eigenvalue weighted by molar-refractivity contribution is 5.94. The highest BCUT2D eigenvalue weighted by Crippen LogP contribution is 2.47. The van der Waals surface area contributed by atoms with Crippen LogP contribution in [0.3, 0.4) is 0 Å². The summed E-state index contributed by atoms with van der Waals surface area (Å²) in [6, 6.07) is 2.83. The number of aryl methyl sites for hydroxylation is 1. The Kier molecular flexibility index (Phi) is 6.73. The lowest BCUT2D eigenvalue weighted by molar-refractivity contribution is -0.172. The van der Waals surface area contributed by atoms with Crippen LogP contribution in [0.2, 0.25) is 0 Å². The number of benzene rings is 1. The van der Waals surface area contributed by atoms with Crippen molar-refractivity contribution in [3.8, 4) is 11.4 Å². The SMILES string of the molecule is CC[C@@]1(O)C(=O)OCc2c1cc1n(c2=O)Cc2c-1nc1cc(F)c(C)c3c1c2[C@@H](N(C)C(=O)CCCCNC)CC3. The molecule has 2 N–H and O–H groups in total. The molecule has 2 aromatic heterocycles. The summed E-state index contributed by atoms with van der Waals surface area (Å²) in [5, 5.41) is 15.2. The molecule has 6 rings (SSSR count). The van der Waals surface area contributed by atoms with Gasteiger partial charge in [-0.2, -0.15) is 0 Å². The second-order valence-corrected chi connectivity index (χ2v) is 11.4. The summed E-state index contributed by atoms with van der Waals surface area (Å²) in [6.07, 6.45) is 3.38. The molecule has 2 atom stereocenters. The van der Waals surface area contributed by atoms with Gasteiger partial charge < -0.3 is 24.6 Å². The van der Waals surface area contributed by atoms with Gasteiger partial charge in [-0.3, -0.25) is 9.59 Å². The third-order valence-corrected chi connectivity index (χ3v) is 9.28. The van der Waals surface area contributed by atoms with Gasteiger partial charge in [0.2, 0.25) is 5.91 Å². The van der Waals surface area contributed by atoms with Crippen molar-refractivity contribution in [2.24, 2.45) is 0 Å². The van der Waals surface area contributed by atoms with Crippen molar-refractivity contribution in [3.05, 3.63) is 61.7 Å². The molecule has 2 aliphatic heterocycles. The quantitative estimate of drug-likeness (QED) is 0.262. The lowest BCUT2D eigenvalue weighted by Gasteiger charge is -2.35. The lowest BCUT2D eigenvalue weighted by atomic mass is 9.81. The predicted octanol–water partition coefficient (Wildman–Crippen LogP) is 3.36. The van der Waals surface area contributed by atoms with E-state index in [0.717, 1.165) is 41.5 Å². The van der Waals surface area contributed by atoms with Crippen molar-refractivity contribution in [3.63, 3.8) is 0 Å². The molecule has 0 saturated heterocycles. The van der Waals surface area contributed by atoms with E-state index in [1.807, 2.05) is 14.1 Å². The number of ether oxygens (including phenoxy) is 1. The number of carbonyl (C=O) groups excluding carboxylic acids is 2. The van der Waals surface area contributed by atoms with Gasteiger partial charge in [0.05, 0.1) is 35.1 Å². The normalized spacial score (nSPS) is 20.4. The third-order valence-electron chi connectivity index (χ3n) is 9.28. The zero-order chi connectivity index (χ0) is 29.2. The van der Waals surface area contributed by atoms with Crippen LogP contribution in [0.15, 0.2) is 16.9 Å². The number of carbonyl (C=O) groups is 2. The summed E-state index contributed by atoms with van der Waals surface area (Å²) in [5.41, 5.74) is 2.83. The van der Waals surface area contributed by atoms with Gasteiger partial charge in [0, 0.05) is 36.0 Å². The van der Waals surface area contributed by atoms with Crippen LogP contribution in [-0.2, 0) is 39.5 Å². The Labute approximate surface area is 237 Å². The molecule has 1 amide bonds. The third kappa shape index (κ3) is 4.02. The molecule has 3 aromatic rings. The Morgan fingerprint density at radius 1 is 1.27 bits per heavy atom. The fourth-order valence-corrected chi connectivity index (χ4v) is 6.85. The van der Waals surface area contributed by atoms with Crippen LogP contribution in [0, 0.1) is 12.7 Å². The maximum absolute atomic E-state index is 15.1. The van der Waals surface area contributed by atoms with Gasteiger partial charge in [0.15, 0.2) is 5.60 Å². The molecule has 41 heavy (non-hydrogen) atoms. The van der Waals surface area contributed by atoms with Gasteiger partial charge in [0.1, 0.15) is 12.4 Å². The van der Waals surface area contributed by atoms with Crippen LogP contribution in [-0.4, -0.2) is 52.1 Å². The van der Waals surface area contributed by atoms with E-state index in [1.54, 1.807) is 29.4 Å². The number of aromatic nitrogens is 2. The zero-order valence-corrected chi connectivity index (χ0v) is 23.9. The van der Waals surface area contributed by atoms with Gasteiger partial charge in [0.25, 0.3) is 5.56 Å². The van der Waals surface area contributed by atoms with Crippen LogP contribution in [0.1, 0.15) is 78.5 Å². The Morgan fingerprint density at radius 3 is 2.78 bits per heavy atom. The average molecular weight is 563 g/mol. The number of nitrogens with one attached hydrogen (secondary N) is 1. The first-order valence-electron chi connectivity index (χ1n) is 14.3. The van der Waals surface area contributed by atoms with Crippen LogP contribution in [0.5, 0.6) is 0 Å². The second-order valence-electron chi connectivity index (χ2n) is 11.4. The first-order chi connectivity index (χ1) is 19.6. The van der Waals surface area contributed by atoms with Gasteiger partial charge in [-0.05, 0) is 75.4 Å². The van der Waals surface area contributed by atoms with E-state index in [1.165, 1.54) is 6.07 Å². The monoisotopic (exact) mass is 562 g/mol. The number of amides is 1. The largest absolute Gasteiger partial charge is 0.458 e. The predicted molar refractivity (Wildman–Crippen MR) is 151 cm³/mol. The summed E-state index contributed by atoms with van der Waals surface area (Å²) < 4.78 is 21.9. The molecule has 1 aliphatic carbocycles. The molecular weight excluding hydrogens is 527 g/mol. The van der Waals surface area contributed by atoms with Crippen molar-refractivity contribution in [1.82, 2.24) is 19.8 Å².